The molecular formula is C21H22N2O4S. The molecule has 0 aliphatic heterocycles. The number of carbonyl (C=O) groups excluding carboxylic acids is 1. The summed E-state index contributed by atoms with van der Waals surface area (Å²) in [5.41, 5.74) is 1.59. The normalized spacial score (nSPS) is 11.2. The van der Waals surface area contributed by atoms with Crippen molar-refractivity contribution >= 4 is 32.4 Å². The molecule has 3 aromatic carbocycles. The maximum atomic E-state index is 12.3. The van der Waals surface area contributed by atoms with Crippen LogP contribution in [0.5, 0.6) is 5.75 Å². The Hall–Kier alpha value is -3.06. The number of benzene rings is 3. The Bertz CT molecular complexity index is 1110. The first-order chi connectivity index (χ1) is 13.3. The number of anilines is 1. The lowest BCUT2D eigenvalue weighted by atomic mass is 10.1. The highest BCUT2D eigenvalue weighted by Crippen LogP contribution is 2.20. The lowest BCUT2D eigenvalue weighted by Crippen LogP contribution is -2.28. The summed E-state index contributed by atoms with van der Waals surface area (Å²) in [6.45, 7) is 2.44. The van der Waals surface area contributed by atoms with Crippen molar-refractivity contribution < 1.29 is 17.9 Å². The van der Waals surface area contributed by atoms with E-state index in [-0.39, 0.29) is 5.91 Å². The minimum absolute atomic E-state index is 0.240. The first-order valence-corrected chi connectivity index (χ1v) is 10.7. The number of fused-ring (bicyclic) bond motifs is 1. The molecule has 0 unspecified atom stereocenters. The first-order valence-electron chi connectivity index (χ1n) is 8.80. The van der Waals surface area contributed by atoms with Crippen LogP contribution in [0.2, 0.25) is 0 Å². The van der Waals surface area contributed by atoms with Crippen LogP contribution in [-0.4, -0.2) is 33.7 Å². The van der Waals surface area contributed by atoms with Crippen molar-refractivity contribution in [2.45, 2.75) is 6.92 Å². The van der Waals surface area contributed by atoms with Gasteiger partial charge in [0.2, 0.25) is 10.0 Å². The topological polar surface area (TPSA) is 84.5 Å². The van der Waals surface area contributed by atoms with E-state index in [4.69, 9.17) is 4.74 Å². The van der Waals surface area contributed by atoms with E-state index in [9.17, 15) is 13.2 Å². The molecule has 146 valence electrons. The van der Waals surface area contributed by atoms with Crippen molar-refractivity contribution in [1.29, 1.82) is 0 Å². The third-order valence-electron chi connectivity index (χ3n) is 4.16. The standard InChI is InChI=1S/C21H22N2O4S/c1-15-13-18(8-10-20(15)23-28(2,25)26)21(24)22-11-12-27-19-9-7-16-5-3-4-6-17(16)14-19/h3-10,13-14,23H,11-12H2,1-2H3,(H,22,24). The van der Waals surface area contributed by atoms with Crippen LogP contribution in [0.3, 0.4) is 0 Å². The lowest BCUT2D eigenvalue weighted by molar-refractivity contribution is 0.0947. The zero-order chi connectivity index (χ0) is 20.1. The highest BCUT2D eigenvalue weighted by Gasteiger charge is 2.10. The molecule has 0 atom stereocenters. The predicted octanol–water partition coefficient (Wildman–Crippen LogP) is 3.33. The summed E-state index contributed by atoms with van der Waals surface area (Å²) in [5.74, 6) is 0.510. The van der Waals surface area contributed by atoms with Gasteiger partial charge in [-0.3, -0.25) is 9.52 Å². The maximum Gasteiger partial charge on any atom is 0.251 e. The molecule has 2 N–H and O–H groups in total. The van der Waals surface area contributed by atoms with Crippen LogP contribution >= 0.6 is 0 Å². The monoisotopic (exact) mass is 398 g/mol. The Balaban J connectivity index is 1.53. The lowest BCUT2D eigenvalue weighted by Gasteiger charge is -2.11. The third-order valence-corrected chi connectivity index (χ3v) is 4.75. The van der Waals surface area contributed by atoms with E-state index in [0.29, 0.717) is 30.0 Å². The molecule has 28 heavy (non-hydrogen) atoms. The molecule has 0 radical (unpaired) electrons. The van der Waals surface area contributed by atoms with Crippen LogP contribution in [0.25, 0.3) is 10.8 Å². The molecule has 0 aliphatic carbocycles. The van der Waals surface area contributed by atoms with Crippen molar-refractivity contribution in [3.8, 4) is 5.75 Å². The molecule has 0 aliphatic rings. The van der Waals surface area contributed by atoms with E-state index in [1.54, 1.807) is 25.1 Å². The second-order valence-corrected chi connectivity index (χ2v) is 8.27. The largest absolute Gasteiger partial charge is 0.492 e. The molecular weight excluding hydrogens is 376 g/mol. The average Bonchev–Trinajstić information content (AvgIpc) is 2.65. The van der Waals surface area contributed by atoms with Crippen LogP contribution in [0.4, 0.5) is 5.69 Å². The van der Waals surface area contributed by atoms with Gasteiger partial charge >= 0.3 is 0 Å². The number of sulfonamides is 1. The molecule has 3 aromatic rings. The van der Waals surface area contributed by atoms with Gasteiger partial charge in [0.15, 0.2) is 0 Å². The Morgan fingerprint density at radius 1 is 1.00 bits per heavy atom. The number of carbonyl (C=O) groups is 1. The van der Waals surface area contributed by atoms with Crippen LogP contribution < -0.4 is 14.8 Å². The summed E-state index contributed by atoms with van der Waals surface area (Å²) >= 11 is 0. The van der Waals surface area contributed by atoms with Gasteiger partial charge in [-0.2, -0.15) is 0 Å². The quantitative estimate of drug-likeness (QED) is 0.598. The smallest absolute Gasteiger partial charge is 0.251 e. The van der Waals surface area contributed by atoms with Crippen molar-refractivity contribution in [2.24, 2.45) is 0 Å². The number of ether oxygens (including phenoxy) is 1. The number of amides is 1. The van der Waals surface area contributed by atoms with Crippen LogP contribution in [0, 0.1) is 6.92 Å². The highest BCUT2D eigenvalue weighted by atomic mass is 32.2. The van der Waals surface area contributed by atoms with E-state index in [1.807, 2.05) is 42.5 Å². The molecule has 0 spiro atoms. The number of rotatable bonds is 7. The van der Waals surface area contributed by atoms with E-state index in [2.05, 4.69) is 10.0 Å². The molecule has 0 saturated carbocycles. The second-order valence-electron chi connectivity index (χ2n) is 6.52. The molecule has 0 fully saturated rings. The van der Waals surface area contributed by atoms with Gasteiger partial charge < -0.3 is 10.1 Å². The summed E-state index contributed by atoms with van der Waals surface area (Å²) in [5, 5.41) is 5.04. The van der Waals surface area contributed by atoms with Gasteiger partial charge in [-0.1, -0.05) is 30.3 Å². The van der Waals surface area contributed by atoms with E-state index < -0.39 is 10.0 Å². The zero-order valence-corrected chi connectivity index (χ0v) is 16.5. The Morgan fingerprint density at radius 2 is 1.75 bits per heavy atom. The summed E-state index contributed by atoms with van der Waals surface area (Å²) < 4.78 is 30.8. The Labute approximate surface area is 164 Å². The predicted molar refractivity (Wildman–Crippen MR) is 111 cm³/mol. The maximum absolute atomic E-state index is 12.3. The number of aryl methyl sites for hydroxylation is 1. The summed E-state index contributed by atoms with van der Waals surface area (Å²) in [4.78, 5) is 12.3. The summed E-state index contributed by atoms with van der Waals surface area (Å²) in [6, 6.07) is 18.7. The molecule has 7 heteroatoms. The van der Waals surface area contributed by atoms with Gasteiger partial charge in [-0.15, -0.1) is 0 Å². The molecule has 1 amide bonds. The molecule has 0 aromatic heterocycles. The summed E-state index contributed by atoms with van der Waals surface area (Å²) in [7, 11) is -3.36. The fourth-order valence-corrected chi connectivity index (χ4v) is 3.44. The van der Waals surface area contributed by atoms with Crippen LogP contribution in [0.1, 0.15) is 15.9 Å². The van der Waals surface area contributed by atoms with Crippen molar-refractivity contribution in [3.63, 3.8) is 0 Å². The Kier molecular flexibility index (Phi) is 5.84. The Morgan fingerprint density at radius 3 is 2.46 bits per heavy atom. The first kappa shape index (κ1) is 19.7. The average molecular weight is 398 g/mol. The van der Waals surface area contributed by atoms with Gasteiger partial charge in [-0.05, 0) is 53.6 Å². The number of hydrogen-bond donors (Lipinski definition) is 2. The molecule has 6 nitrogen and oxygen atoms in total. The molecule has 0 heterocycles. The van der Waals surface area contributed by atoms with E-state index in [1.165, 1.54) is 0 Å². The number of nitrogens with one attached hydrogen (secondary N) is 2. The van der Waals surface area contributed by atoms with Gasteiger partial charge in [0, 0.05) is 5.56 Å². The number of hydrogen-bond acceptors (Lipinski definition) is 4. The van der Waals surface area contributed by atoms with Crippen molar-refractivity contribution in [3.05, 3.63) is 71.8 Å². The molecule has 3 rings (SSSR count). The minimum atomic E-state index is -3.36. The second kappa shape index (κ2) is 8.31. The van der Waals surface area contributed by atoms with Crippen molar-refractivity contribution in [2.75, 3.05) is 24.1 Å². The SMILES string of the molecule is Cc1cc(C(=O)NCCOc2ccc3ccccc3c2)ccc1NS(C)(=O)=O. The fourth-order valence-electron chi connectivity index (χ4n) is 2.81. The summed E-state index contributed by atoms with van der Waals surface area (Å²) in [6.07, 6.45) is 1.09. The highest BCUT2D eigenvalue weighted by molar-refractivity contribution is 7.92. The minimum Gasteiger partial charge on any atom is -0.492 e. The zero-order valence-electron chi connectivity index (χ0n) is 15.7. The van der Waals surface area contributed by atoms with Gasteiger partial charge in [0.25, 0.3) is 5.91 Å². The van der Waals surface area contributed by atoms with Gasteiger partial charge in [0.05, 0.1) is 18.5 Å². The third kappa shape index (κ3) is 5.23. The van der Waals surface area contributed by atoms with E-state index >= 15 is 0 Å². The van der Waals surface area contributed by atoms with Gasteiger partial charge in [-0.25, -0.2) is 8.42 Å². The van der Waals surface area contributed by atoms with Crippen LogP contribution in [0.15, 0.2) is 60.7 Å². The molecule has 0 bridgehead atoms. The van der Waals surface area contributed by atoms with Crippen molar-refractivity contribution in [1.82, 2.24) is 5.32 Å². The fraction of sp³-hybridized carbons (Fsp3) is 0.190. The van der Waals surface area contributed by atoms with Gasteiger partial charge in [0.1, 0.15) is 12.4 Å². The van der Waals surface area contributed by atoms with E-state index in [0.717, 1.165) is 22.8 Å². The van der Waals surface area contributed by atoms with Crippen LogP contribution in [-0.2, 0) is 10.0 Å². The molecule has 0 saturated heterocycles.